The molecule has 18 nitrogen and oxygen atoms in total. The van der Waals surface area contributed by atoms with Crippen LogP contribution in [0.15, 0.2) is 66.4 Å². The van der Waals surface area contributed by atoms with Crippen molar-refractivity contribution in [3.05, 3.63) is 70.6 Å². The molecule has 0 radical (unpaired) electrons. The normalized spacial score (nSPS) is 19.7. The van der Waals surface area contributed by atoms with E-state index in [0.29, 0.717) is 74.9 Å². The molecule has 0 aromatic carbocycles. The maximum absolute atomic E-state index is 6.46. The van der Waals surface area contributed by atoms with Crippen LogP contribution < -0.4 is 38.1 Å². The van der Waals surface area contributed by atoms with Crippen molar-refractivity contribution in [1.82, 2.24) is 51.3 Å². The third-order valence-corrected chi connectivity index (χ3v) is 9.01. The van der Waals surface area contributed by atoms with E-state index in [1.165, 1.54) is 0 Å². The van der Waals surface area contributed by atoms with Gasteiger partial charge in [0.15, 0.2) is 30.0 Å². The first-order valence-electron chi connectivity index (χ1n) is 18.2. The van der Waals surface area contributed by atoms with Crippen LogP contribution in [-0.2, 0) is 19.3 Å². The van der Waals surface area contributed by atoms with Crippen LogP contribution in [0.5, 0.6) is 0 Å². The highest BCUT2D eigenvalue weighted by Crippen LogP contribution is 2.13. The number of nitrogens with zero attached hydrogens (tertiary/aromatic N) is 8. The van der Waals surface area contributed by atoms with Gasteiger partial charge in [-0.15, -0.1) is 0 Å². The third-order valence-electron chi connectivity index (χ3n) is 9.01. The molecule has 3 aliphatic heterocycles. The summed E-state index contributed by atoms with van der Waals surface area (Å²) in [4.78, 5) is 43.2. The largest absolute Gasteiger partial charge is 0.370 e. The zero-order chi connectivity index (χ0) is 37.3. The van der Waals surface area contributed by atoms with Crippen molar-refractivity contribution in [1.29, 1.82) is 0 Å². The maximum atomic E-state index is 6.46. The average molecular weight is 727 g/mol. The molecule has 3 atom stereocenters. The number of nitrogens with one attached hydrogen (secondary N) is 8. The number of aromatic nitrogens is 3. The highest BCUT2D eigenvalue weighted by molar-refractivity contribution is 6.01. The summed E-state index contributed by atoms with van der Waals surface area (Å²) in [5, 5.41) is 16.1. The molecule has 284 valence electrons. The number of aliphatic imine (C=N–C) groups is 6. The molecular formula is C35H54N18. The standard InChI is InChI=1S/C35H54N18/c1-21-6-9-25(40-21)12-16-39-33-47-28(45-30(36)49-33)15-19-52(17-13-26-10-7-22(2)41-26)35-48-29(46-31(37)50-35)20-53(18-14-27-11-8-23(3)42-27)34-44-24(4)43-32(38-5)51-34/h6-11,24,28-29,40-42H,12-20H2,1-5H3,(H3,37,46,48,50)(H2,38,43,44,51)(H4,36,39,45,47,49). The van der Waals surface area contributed by atoms with E-state index in [2.05, 4.69) is 112 Å². The molecule has 0 saturated heterocycles. The van der Waals surface area contributed by atoms with Crippen molar-refractivity contribution >= 4 is 35.8 Å². The predicted octanol–water partition coefficient (Wildman–Crippen LogP) is 0.288. The SMILES string of the molecule is CNC1=NC(C)N=C(N(CCc2ccc(C)[nH]2)CC2N=C(N)NC(N(CCc3ccc(C)[nH]3)CCC3N=C(N)NC(NCCc4ccc(C)[nH]4)=N3)=N2)N1. The van der Waals surface area contributed by atoms with Crippen LogP contribution in [0, 0.1) is 20.8 Å². The van der Waals surface area contributed by atoms with Crippen LogP contribution in [-0.4, -0.2) is 119 Å². The van der Waals surface area contributed by atoms with E-state index in [1.54, 1.807) is 0 Å². The summed E-state index contributed by atoms with van der Waals surface area (Å²) >= 11 is 0. The van der Waals surface area contributed by atoms with Gasteiger partial charge in [0.2, 0.25) is 11.9 Å². The van der Waals surface area contributed by atoms with Gasteiger partial charge < -0.3 is 46.9 Å². The van der Waals surface area contributed by atoms with Gasteiger partial charge in [0.05, 0.1) is 6.54 Å². The molecule has 0 bridgehead atoms. The van der Waals surface area contributed by atoms with E-state index < -0.39 is 6.17 Å². The van der Waals surface area contributed by atoms with Gasteiger partial charge in [0, 0.05) is 93.1 Å². The number of H-pyrrole nitrogens is 3. The Kier molecular flexibility index (Phi) is 11.9. The minimum absolute atomic E-state index is 0.245. The molecule has 6 rings (SSSR count). The number of aromatic amines is 3. The van der Waals surface area contributed by atoms with E-state index in [-0.39, 0.29) is 12.3 Å². The van der Waals surface area contributed by atoms with Crippen molar-refractivity contribution in [2.24, 2.45) is 41.4 Å². The molecule has 3 aliphatic rings. The Balaban J connectivity index is 1.17. The molecular weight excluding hydrogens is 673 g/mol. The number of hydrogen-bond acceptors (Lipinski definition) is 15. The molecule has 0 fully saturated rings. The summed E-state index contributed by atoms with van der Waals surface area (Å²) in [6.07, 6.45) is 1.86. The van der Waals surface area contributed by atoms with Gasteiger partial charge in [-0.3, -0.25) is 16.0 Å². The van der Waals surface area contributed by atoms with Gasteiger partial charge in [-0.2, -0.15) is 0 Å². The number of aryl methyl sites for hydroxylation is 3. The van der Waals surface area contributed by atoms with Gasteiger partial charge in [-0.05, 0) is 64.1 Å². The third kappa shape index (κ3) is 10.6. The lowest BCUT2D eigenvalue weighted by molar-refractivity contribution is 0.359. The van der Waals surface area contributed by atoms with Crippen molar-refractivity contribution < 1.29 is 0 Å². The lowest BCUT2D eigenvalue weighted by atomic mass is 10.2. The Bertz CT molecular complexity index is 1870. The van der Waals surface area contributed by atoms with E-state index in [4.69, 9.17) is 31.4 Å². The number of hydrogen-bond donors (Lipinski definition) is 10. The molecule has 3 unspecified atom stereocenters. The molecule has 0 amide bonds. The van der Waals surface area contributed by atoms with Gasteiger partial charge in [0.25, 0.3) is 0 Å². The first-order chi connectivity index (χ1) is 25.6. The van der Waals surface area contributed by atoms with Gasteiger partial charge in [0.1, 0.15) is 12.3 Å². The molecule has 12 N–H and O–H groups in total. The first kappa shape index (κ1) is 36.8. The fraction of sp³-hybridized carbons (Fsp3) is 0.486. The Morgan fingerprint density at radius 1 is 0.623 bits per heavy atom. The Labute approximate surface area is 310 Å². The number of rotatable bonds is 14. The van der Waals surface area contributed by atoms with Crippen molar-refractivity contribution in [3.63, 3.8) is 0 Å². The zero-order valence-corrected chi connectivity index (χ0v) is 31.3. The maximum Gasteiger partial charge on any atom is 0.203 e. The van der Waals surface area contributed by atoms with Crippen molar-refractivity contribution in [3.8, 4) is 0 Å². The van der Waals surface area contributed by atoms with Crippen LogP contribution in [0.4, 0.5) is 0 Å². The summed E-state index contributed by atoms with van der Waals surface area (Å²) in [5.41, 5.74) is 19.5. The lowest BCUT2D eigenvalue weighted by Crippen LogP contribution is -2.55. The monoisotopic (exact) mass is 726 g/mol. The van der Waals surface area contributed by atoms with Crippen LogP contribution in [0.1, 0.15) is 47.5 Å². The molecule has 18 heteroatoms. The fourth-order valence-corrected chi connectivity index (χ4v) is 6.37. The Hall–Kier alpha value is -5.94. The molecule has 0 spiro atoms. The molecule has 0 aliphatic carbocycles. The molecule has 3 aromatic heterocycles. The quantitative estimate of drug-likeness (QED) is 0.110. The van der Waals surface area contributed by atoms with E-state index in [0.717, 1.165) is 53.4 Å². The van der Waals surface area contributed by atoms with E-state index >= 15 is 0 Å². The second-order valence-electron chi connectivity index (χ2n) is 13.5. The topological polar surface area (TPSA) is 240 Å². The van der Waals surface area contributed by atoms with Crippen molar-refractivity contribution in [2.75, 3.05) is 39.8 Å². The minimum atomic E-state index is -0.492. The van der Waals surface area contributed by atoms with Crippen molar-refractivity contribution in [2.45, 2.75) is 71.9 Å². The predicted molar refractivity (Wildman–Crippen MR) is 212 cm³/mol. The number of guanidine groups is 6. The average Bonchev–Trinajstić information content (AvgIpc) is 3.86. The van der Waals surface area contributed by atoms with Crippen LogP contribution in [0.25, 0.3) is 0 Å². The van der Waals surface area contributed by atoms with Crippen LogP contribution in [0.3, 0.4) is 0 Å². The van der Waals surface area contributed by atoms with E-state index in [9.17, 15) is 0 Å². The highest BCUT2D eigenvalue weighted by atomic mass is 15.4. The minimum Gasteiger partial charge on any atom is -0.370 e. The fourth-order valence-electron chi connectivity index (χ4n) is 6.37. The van der Waals surface area contributed by atoms with Gasteiger partial charge in [-0.1, -0.05) is 0 Å². The van der Waals surface area contributed by atoms with E-state index in [1.807, 2.05) is 20.9 Å². The number of nitrogens with two attached hydrogens (primary N) is 2. The summed E-state index contributed by atoms with van der Waals surface area (Å²) < 4.78 is 0. The Morgan fingerprint density at radius 2 is 1.21 bits per heavy atom. The highest BCUT2D eigenvalue weighted by Gasteiger charge is 2.26. The van der Waals surface area contributed by atoms with Gasteiger partial charge in [-0.25, -0.2) is 30.0 Å². The smallest absolute Gasteiger partial charge is 0.203 e. The second kappa shape index (κ2) is 17.1. The molecule has 6 heterocycles. The lowest BCUT2D eigenvalue weighted by Gasteiger charge is -2.34. The summed E-state index contributed by atoms with van der Waals surface area (Å²) in [7, 11) is 1.84. The zero-order valence-electron chi connectivity index (χ0n) is 31.3. The Morgan fingerprint density at radius 3 is 1.83 bits per heavy atom. The summed E-state index contributed by atoms with van der Waals surface area (Å²) in [6, 6.07) is 12.6. The molecule has 3 aromatic rings. The summed E-state index contributed by atoms with van der Waals surface area (Å²) in [6.45, 7) is 11.2. The van der Waals surface area contributed by atoms with Crippen LogP contribution in [0.2, 0.25) is 0 Å². The van der Waals surface area contributed by atoms with Crippen LogP contribution >= 0.6 is 0 Å². The molecule has 0 saturated carbocycles. The second-order valence-corrected chi connectivity index (χ2v) is 13.5. The summed E-state index contributed by atoms with van der Waals surface area (Å²) in [5.74, 6) is 3.24. The first-order valence-corrected chi connectivity index (χ1v) is 18.2. The molecule has 53 heavy (non-hydrogen) atoms. The van der Waals surface area contributed by atoms with Gasteiger partial charge >= 0.3 is 0 Å².